The molecule has 0 aromatic heterocycles. The van der Waals surface area contributed by atoms with E-state index in [4.69, 9.17) is 9.47 Å². The standard InChI is InChI=1S/C27H21BrFN3O6/c1-2-37-23-14-16(3-12-22(23)38-15-24(33)30-19-8-6-18(29)7-9-19)13-21-25(34)31-27(36)32(26(21)35)20-10-4-17(28)5-11-20/h3-14H,2,15H2,1H3,(H,30,33)(H,31,34,36)/b21-13+. The Kier molecular flexibility index (Phi) is 8.17. The molecule has 1 heterocycles. The van der Waals surface area contributed by atoms with E-state index in [-0.39, 0.29) is 30.3 Å². The number of hydrogen-bond donors (Lipinski definition) is 2. The zero-order valence-corrected chi connectivity index (χ0v) is 21.6. The van der Waals surface area contributed by atoms with Crippen LogP contribution in [0.5, 0.6) is 11.5 Å². The zero-order chi connectivity index (χ0) is 27.2. The van der Waals surface area contributed by atoms with Crippen molar-refractivity contribution >= 4 is 57.1 Å². The molecule has 3 aromatic rings. The number of imide groups is 2. The highest BCUT2D eigenvalue weighted by atomic mass is 79.9. The summed E-state index contributed by atoms with van der Waals surface area (Å²) < 4.78 is 25.0. The summed E-state index contributed by atoms with van der Waals surface area (Å²) in [5.74, 6) is -1.96. The van der Waals surface area contributed by atoms with Crippen LogP contribution in [0.1, 0.15) is 12.5 Å². The minimum atomic E-state index is -0.850. The van der Waals surface area contributed by atoms with Crippen molar-refractivity contribution in [3.63, 3.8) is 0 Å². The van der Waals surface area contributed by atoms with Crippen molar-refractivity contribution in [2.45, 2.75) is 6.92 Å². The molecule has 0 aliphatic carbocycles. The SMILES string of the molecule is CCOc1cc(/C=C2\C(=O)NC(=O)N(c3ccc(Br)cc3)C2=O)ccc1OCC(=O)Nc1ccc(F)cc1. The first-order chi connectivity index (χ1) is 18.2. The largest absolute Gasteiger partial charge is 0.490 e. The average Bonchev–Trinajstić information content (AvgIpc) is 2.88. The Morgan fingerprint density at radius 2 is 1.71 bits per heavy atom. The van der Waals surface area contributed by atoms with Crippen LogP contribution in [0.4, 0.5) is 20.6 Å². The van der Waals surface area contributed by atoms with E-state index in [2.05, 4.69) is 26.6 Å². The Morgan fingerprint density at radius 1 is 1.00 bits per heavy atom. The number of ether oxygens (including phenoxy) is 2. The number of benzene rings is 3. The Morgan fingerprint density at radius 3 is 2.39 bits per heavy atom. The third-order valence-electron chi connectivity index (χ3n) is 5.25. The number of carbonyl (C=O) groups excluding carboxylic acids is 4. The fraction of sp³-hybridized carbons (Fsp3) is 0.111. The first-order valence-electron chi connectivity index (χ1n) is 11.4. The third-order valence-corrected chi connectivity index (χ3v) is 5.78. The van der Waals surface area contributed by atoms with Gasteiger partial charge in [0.1, 0.15) is 11.4 Å². The maximum Gasteiger partial charge on any atom is 0.335 e. The lowest BCUT2D eigenvalue weighted by atomic mass is 10.1. The number of nitrogens with zero attached hydrogens (tertiary/aromatic N) is 1. The summed E-state index contributed by atoms with van der Waals surface area (Å²) in [5, 5.41) is 4.77. The van der Waals surface area contributed by atoms with Gasteiger partial charge in [-0.05, 0) is 79.2 Å². The Bertz CT molecular complexity index is 1420. The molecule has 0 saturated carbocycles. The molecule has 3 aromatic carbocycles. The molecule has 0 spiro atoms. The van der Waals surface area contributed by atoms with Crippen molar-refractivity contribution in [3.05, 3.63) is 88.2 Å². The van der Waals surface area contributed by atoms with Gasteiger partial charge in [0.15, 0.2) is 18.1 Å². The molecule has 1 aliphatic rings. The summed E-state index contributed by atoms with van der Waals surface area (Å²) in [5.41, 5.74) is 0.896. The molecule has 0 unspecified atom stereocenters. The van der Waals surface area contributed by atoms with Crippen LogP contribution in [-0.4, -0.2) is 37.0 Å². The van der Waals surface area contributed by atoms with Crippen LogP contribution < -0.4 is 25.0 Å². The van der Waals surface area contributed by atoms with Crippen molar-refractivity contribution < 1.29 is 33.0 Å². The van der Waals surface area contributed by atoms with Crippen LogP contribution in [0.2, 0.25) is 0 Å². The lowest BCUT2D eigenvalue weighted by Crippen LogP contribution is -2.54. The van der Waals surface area contributed by atoms with Crippen molar-refractivity contribution in [1.82, 2.24) is 5.32 Å². The highest BCUT2D eigenvalue weighted by Crippen LogP contribution is 2.30. The summed E-state index contributed by atoms with van der Waals surface area (Å²) in [6, 6.07) is 15.6. The Balaban J connectivity index is 1.52. The highest BCUT2D eigenvalue weighted by Gasteiger charge is 2.36. The molecular formula is C27H21BrFN3O6. The van der Waals surface area contributed by atoms with Crippen LogP contribution in [0.25, 0.3) is 6.08 Å². The van der Waals surface area contributed by atoms with Gasteiger partial charge >= 0.3 is 6.03 Å². The molecule has 0 atom stereocenters. The lowest BCUT2D eigenvalue weighted by molar-refractivity contribution is -0.122. The number of rotatable bonds is 8. The third kappa shape index (κ3) is 6.24. The maximum atomic E-state index is 13.1. The van der Waals surface area contributed by atoms with Gasteiger partial charge in [-0.2, -0.15) is 0 Å². The summed E-state index contributed by atoms with van der Waals surface area (Å²) >= 11 is 3.30. The summed E-state index contributed by atoms with van der Waals surface area (Å²) in [4.78, 5) is 51.1. The summed E-state index contributed by atoms with van der Waals surface area (Å²) in [7, 11) is 0. The van der Waals surface area contributed by atoms with Gasteiger partial charge in [-0.25, -0.2) is 14.1 Å². The number of barbiturate groups is 1. The minimum Gasteiger partial charge on any atom is -0.490 e. The molecule has 0 bridgehead atoms. The molecule has 1 aliphatic heterocycles. The molecule has 11 heteroatoms. The van der Waals surface area contributed by atoms with E-state index in [1.165, 1.54) is 36.4 Å². The van der Waals surface area contributed by atoms with Crippen LogP contribution in [0, 0.1) is 5.82 Å². The zero-order valence-electron chi connectivity index (χ0n) is 20.0. The van der Waals surface area contributed by atoms with Crippen molar-refractivity contribution in [3.8, 4) is 11.5 Å². The van der Waals surface area contributed by atoms with Gasteiger partial charge in [-0.15, -0.1) is 0 Å². The van der Waals surface area contributed by atoms with Gasteiger partial charge in [0.05, 0.1) is 12.3 Å². The number of urea groups is 1. The smallest absolute Gasteiger partial charge is 0.335 e. The molecule has 1 saturated heterocycles. The van der Waals surface area contributed by atoms with E-state index in [1.54, 1.807) is 43.3 Å². The van der Waals surface area contributed by atoms with E-state index in [9.17, 15) is 23.6 Å². The number of carbonyl (C=O) groups is 4. The molecule has 9 nitrogen and oxygen atoms in total. The van der Waals surface area contributed by atoms with E-state index >= 15 is 0 Å². The fourth-order valence-corrected chi connectivity index (χ4v) is 3.79. The molecular weight excluding hydrogens is 561 g/mol. The van der Waals surface area contributed by atoms with Gasteiger partial charge in [0, 0.05) is 10.2 Å². The van der Waals surface area contributed by atoms with Crippen molar-refractivity contribution in [1.29, 1.82) is 0 Å². The predicted molar refractivity (Wildman–Crippen MR) is 141 cm³/mol. The fourth-order valence-electron chi connectivity index (χ4n) is 3.52. The topological polar surface area (TPSA) is 114 Å². The number of hydrogen-bond acceptors (Lipinski definition) is 6. The quantitative estimate of drug-likeness (QED) is 0.295. The molecule has 194 valence electrons. The van der Waals surface area contributed by atoms with E-state index in [0.717, 1.165) is 9.37 Å². The van der Waals surface area contributed by atoms with Crippen molar-refractivity contribution in [2.75, 3.05) is 23.4 Å². The second kappa shape index (κ2) is 11.7. The van der Waals surface area contributed by atoms with Gasteiger partial charge in [0.25, 0.3) is 17.7 Å². The van der Waals surface area contributed by atoms with Crippen LogP contribution in [-0.2, 0) is 14.4 Å². The van der Waals surface area contributed by atoms with Crippen LogP contribution in [0.15, 0.2) is 76.8 Å². The van der Waals surface area contributed by atoms with Gasteiger partial charge in [-0.1, -0.05) is 22.0 Å². The number of anilines is 2. The summed E-state index contributed by atoms with van der Waals surface area (Å²) in [6.07, 6.45) is 1.34. The normalized spacial score (nSPS) is 14.3. The Hall–Kier alpha value is -4.51. The molecule has 5 amide bonds. The molecule has 2 N–H and O–H groups in total. The van der Waals surface area contributed by atoms with Gasteiger partial charge < -0.3 is 14.8 Å². The molecule has 38 heavy (non-hydrogen) atoms. The first-order valence-corrected chi connectivity index (χ1v) is 12.2. The van der Waals surface area contributed by atoms with E-state index < -0.39 is 29.6 Å². The van der Waals surface area contributed by atoms with Crippen molar-refractivity contribution in [2.24, 2.45) is 0 Å². The monoisotopic (exact) mass is 581 g/mol. The van der Waals surface area contributed by atoms with Gasteiger partial charge in [-0.3, -0.25) is 19.7 Å². The minimum absolute atomic E-state index is 0.248. The van der Waals surface area contributed by atoms with E-state index in [1.807, 2.05) is 0 Å². The van der Waals surface area contributed by atoms with Crippen LogP contribution >= 0.6 is 15.9 Å². The Labute approximate surface area is 225 Å². The second-order valence-electron chi connectivity index (χ2n) is 7.92. The molecule has 1 fully saturated rings. The first kappa shape index (κ1) is 26.6. The second-order valence-corrected chi connectivity index (χ2v) is 8.83. The lowest BCUT2D eigenvalue weighted by Gasteiger charge is -2.26. The summed E-state index contributed by atoms with van der Waals surface area (Å²) in [6.45, 7) is 1.70. The maximum absolute atomic E-state index is 13.1. The van der Waals surface area contributed by atoms with Gasteiger partial charge in [0.2, 0.25) is 0 Å². The molecule has 4 rings (SSSR count). The number of halogens is 2. The van der Waals surface area contributed by atoms with E-state index in [0.29, 0.717) is 16.9 Å². The van der Waals surface area contributed by atoms with Crippen LogP contribution in [0.3, 0.4) is 0 Å². The highest BCUT2D eigenvalue weighted by molar-refractivity contribution is 9.10. The number of nitrogens with one attached hydrogen (secondary N) is 2. The predicted octanol–water partition coefficient (Wildman–Crippen LogP) is 4.67. The molecule has 0 radical (unpaired) electrons. The average molecular weight is 582 g/mol. The number of amides is 5.